The average molecular weight is 321 g/mol. The average Bonchev–Trinajstić information content (AvgIpc) is 2.94. The lowest BCUT2D eigenvalue weighted by atomic mass is 10.1. The molecule has 4 rings (SSSR count). The molecule has 1 atom stereocenters. The van der Waals surface area contributed by atoms with Gasteiger partial charge in [0, 0.05) is 42.2 Å². The van der Waals surface area contributed by atoms with Crippen LogP contribution in [0.2, 0.25) is 0 Å². The molecule has 7 heteroatoms. The summed E-state index contributed by atoms with van der Waals surface area (Å²) in [6, 6.07) is 6.11. The van der Waals surface area contributed by atoms with Crippen molar-refractivity contribution in [3.63, 3.8) is 0 Å². The number of aryl methyl sites for hydroxylation is 3. The largest absolute Gasteiger partial charge is 0.365 e. The molecule has 1 aliphatic rings. The summed E-state index contributed by atoms with van der Waals surface area (Å²) < 4.78 is 1.99. The Morgan fingerprint density at radius 3 is 2.79 bits per heavy atom. The van der Waals surface area contributed by atoms with Crippen LogP contribution in [0.4, 0.5) is 5.82 Å². The van der Waals surface area contributed by atoms with Gasteiger partial charge in [0.2, 0.25) is 0 Å². The maximum absolute atomic E-state index is 4.66. The number of pyridine rings is 1. The summed E-state index contributed by atoms with van der Waals surface area (Å²) in [4.78, 5) is 17.7. The SMILES string of the molecule is Cc1cc(N[C@H]2CCc3nc(C)nn3C2)nc(-c2ccncc2)n1. The van der Waals surface area contributed by atoms with Crippen molar-refractivity contribution < 1.29 is 0 Å². The fourth-order valence-corrected chi connectivity index (χ4v) is 3.03. The molecule has 0 bridgehead atoms. The van der Waals surface area contributed by atoms with Crippen molar-refractivity contribution in [2.45, 2.75) is 39.3 Å². The molecule has 0 spiro atoms. The lowest BCUT2D eigenvalue weighted by molar-refractivity contribution is 0.440. The Bertz CT molecular complexity index is 857. The number of nitrogens with zero attached hydrogens (tertiary/aromatic N) is 6. The van der Waals surface area contributed by atoms with Crippen molar-refractivity contribution in [1.29, 1.82) is 0 Å². The zero-order chi connectivity index (χ0) is 16.5. The Balaban J connectivity index is 1.56. The molecule has 0 radical (unpaired) electrons. The van der Waals surface area contributed by atoms with Gasteiger partial charge in [-0.15, -0.1) is 0 Å². The van der Waals surface area contributed by atoms with Crippen molar-refractivity contribution in [3.05, 3.63) is 47.9 Å². The van der Waals surface area contributed by atoms with Gasteiger partial charge < -0.3 is 5.32 Å². The maximum Gasteiger partial charge on any atom is 0.161 e. The van der Waals surface area contributed by atoms with Crippen LogP contribution in [0.1, 0.15) is 23.8 Å². The molecule has 0 aliphatic carbocycles. The summed E-state index contributed by atoms with van der Waals surface area (Å²) >= 11 is 0. The summed E-state index contributed by atoms with van der Waals surface area (Å²) in [7, 11) is 0. The van der Waals surface area contributed by atoms with E-state index in [2.05, 4.69) is 30.4 Å². The number of nitrogens with one attached hydrogen (secondary N) is 1. The van der Waals surface area contributed by atoms with Gasteiger partial charge in [-0.2, -0.15) is 5.10 Å². The van der Waals surface area contributed by atoms with Gasteiger partial charge in [-0.05, 0) is 32.4 Å². The molecule has 0 saturated heterocycles. The van der Waals surface area contributed by atoms with E-state index in [4.69, 9.17) is 0 Å². The van der Waals surface area contributed by atoms with Gasteiger partial charge in [0.1, 0.15) is 17.5 Å². The van der Waals surface area contributed by atoms with Crippen LogP contribution in [0, 0.1) is 13.8 Å². The highest BCUT2D eigenvalue weighted by Gasteiger charge is 2.21. The third-order valence-corrected chi connectivity index (χ3v) is 4.11. The van der Waals surface area contributed by atoms with Crippen LogP contribution >= 0.6 is 0 Å². The van der Waals surface area contributed by atoms with Crippen LogP contribution in [0.3, 0.4) is 0 Å². The minimum Gasteiger partial charge on any atom is -0.365 e. The Morgan fingerprint density at radius 2 is 1.96 bits per heavy atom. The van der Waals surface area contributed by atoms with Crippen molar-refractivity contribution >= 4 is 5.82 Å². The van der Waals surface area contributed by atoms with E-state index in [1.54, 1.807) is 12.4 Å². The minimum absolute atomic E-state index is 0.290. The molecular formula is C17H19N7. The molecule has 0 fully saturated rings. The van der Waals surface area contributed by atoms with E-state index in [-0.39, 0.29) is 6.04 Å². The van der Waals surface area contributed by atoms with Crippen LogP contribution in [-0.4, -0.2) is 35.8 Å². The van der Waals surface area contributed by atoms with E-state index in [9.17, 15) is 0 Å². The zero-order valence-electron chi connectivity index (χ0n) is 13.8. The standard InChI is InChI=1S/C17H19N7/c1-11-9-15(22-17(19-11)13-5-7-18-8-6-13)21-14-3-4-16-20-12(2)23-24(16)10-14/h5-9,14H,3-4,10H2,1-2H3,(H,19,21,22)/t14-/m0/s1. The Kier molecular flexibility index (Phi) is 3.68. The van der Waals surface area contributed by atoms with Gasteiger partial charge in [0.15, 0.2) is 5.82 Å². The van der Waals surface area contributed by atoms with E-state index in [1.165, 1.54) is 0 Å². The second kappa shape index (κ2) is 5.99. The van der Waals surface area contributed by atoms with Crippen molar-refractivity contribution in [2.24, 2.45) is 0 Å². The zero-order valence-corrected chi connectivity index (χ0v) is 13.8. The summed E-state index contributed by atoms with van der Waals surface area (Å²) in [5.74, 6) is 3.47. The molecule has 1 N–H and O–H groups in total. The summed E-state index contributed by atoms with van der Waals surface area (Å²) in [5.41, 5.74) is 1.90. The number of hydrogen-bond donors (Lipinski definition) is 1. The lowest BCUT2D eigenvalue weighted by Gasteiger charge is -2.24. The fourth-order valence-electron chi connectivity index (χ4n) is 3.03. The Hall–Kier alpha value is -2.83. The molecular weight excluding hydrogens is 302 g/mol. The molecule has 24 heavy (non-hydrogen) atoms. The molecule has 122 valence electrons. The van der Waals surface area contributed by atoms with Crippen molar-refractivity contribution in [2.75, 3.05) is 5.32 Å². The number of rotatable bonds is 3. The first-order valence-corrected chi connectivity index (χ1v) is 8.10. The third-order valence-electron chi connectivity index (χ3n) is 4.11. The highest BCUT2D eigenvalue weighted by Crippen LogP contribution is 2.20. The van der Waals surface area contributed by atoms with E-state index >= 15 is 0 Å². The molecule has 3 aromatic heterocycles. The maximum atomic E-state index is 4.66. The van der Waals surface area contributed by atoms with Crippen molar-refractivity contribution in [3.8, 4) is 11.4 Å². The first-order chi connectivity index (χ1) is 11.7. The number of hydrogen-bond acceptors (Lipinski definition) is 6. The molecule has 0 amide bonds. The molecule has 0 aromatic carbocycles. The van der Waals surface area contributed by atoms with E-state index in [1.807, 2.05) is 36.7 Å². The minimum atomic E-state index is 0.290. The molecule has 1 aliphatic heterocycles. The predicted molar refractivity (Wildman–Crippen MR) is 90.5 cm³/mol. The van der Waals surface area contributed by atoms with E-state index in [0.717, 1.165) is 48.1 Å². The number of anilines is 1. The molecule has 3 aromatic rings. The predicted octanol–water partition coefficient (Wildman–Crippen LogP) is 2.17. The molecule has 0 saturated carbocycles. The Labute approximate surface area is 140 Å². The quantitative estimate of drug-likeness (QED) is 0.796. The smallest absolute Gasteiger partial charge is 0.161 e. The summed E-state index contributed by atoms with van der Waals surface area (Å²) in [6.07, 6.45) is 5.46. The second-order valence-electron chi connectivity index (χ2n) is 6.09. The highest BCUT2D eigenvalue weighted by atomic mass is 15.4. The van der Waals surface area contributed by atoms with Crippen LogP contribution in [0.5, 0.6) is 0 Å². The van der Waals surface area contributed by atoms with Crippen LogP contribution < -0.4 is 5.32 Å². The monoisotopic (exact) mass is 321 g/mol. The number of aromatic nitrogens is 6. The second-order valence-corrected chi connectivity index (χ2v) is 6.09. The van der Waals surface area contributed by atoms with Crippen molar-refractivity contribution in [1.82, 2.24) is 29.7 Å². The Morgan fingerprint density at radius 1 is 1.12 bits per heavy atom. The first-order valence-electron chi connectivity index (χ1n) is 8.10. The van der Waals surface area contributed by atoms with Gasteiger partial charge in [-0.3, -0.25) is 4.98 Å². The van der Waals surface area contributed by atoms with Gasteiger partial charge in [0.25, 0.3) is 0 Å². The molecule has 7 nitrogen and oxygen atoms in total. The summed E-state index contributed by atoms with van der Waals surface area (Å²) in [6.45, 7) is 4.73. The van der Waals surface area contributed by atoms with Gasteiger partial charge in [0.05, 0.1) is 6.54 Å². The first kappa shape index (κ1) is 14.7. The summed E-state index contributed by atoms with van der Waals surface area (Å²) in [5, 5.41) is 7.98. The van der Waals surface area contributed by atoms with Gasteiger partial charge in [-0.1, -0.05) is 0 Å². The van der Waals surface area contributed by atoms with E-state index in [0.29, 0.717) is 5.82 Å². The highest BCUT2D eigenvalue weighted by molar-refractivity contribution is 5.56. The molecule has 4 heterocycles. The lowest BCUT2D eigenvalue weighted by Crippen LogP contribution is -2.32. The van der Waals surface area contributed by atoms with Gasteiger partial charge >= 0.3 is 0 Å². The molecule has 0 unspecified atom stereocenters. The van der Waals surface area contributed by atoms with Crippen LogP contribution in [-0.2, 0) is 13.0 Å². The van der Waals surface area contributed by atoms with Crippen LogP contribution in [0.15, 0.2) is 30.6 Å². The normalized spacial score (nSPS) is 16.7. The topological polar surface area (TPSA) is 81.4 Å². The third kappa shape index (κ3) is 2.97. The van der Waals surface area contributed by atoms with Gasteiger partial charge in [-0.25, -0.2) is 19.6 Å². The fraction of sp³-hybridized carbons (Fsp3) is 0.353. The van der Waals surface area contributed by atoms with E-state index < -0.39 is 0 Å². The van der Waals surface area contributed by atoms with Crippen LogP contribution in [0.25, 0.3) is 11.4 Å². The number of fused-ring (bicyclic) bond motifs is 1.